The van der Waals surface area contributed by atoms with E-state index in [1.807, 2.05) is 25.1 Å². The summed E-state index contributed by atoms with van der Waals surface area (Å²) in [6, 6.07) is 9.14. The van der Waals surface area contributed by atoms with E-state index in [-0.39, 0.29) is 11.1 Å². The number of aromatic nitrogens is 3. The van der Waals surface area contributed by atoms with Crippen LogP contribution >= 0.6 is 0 Å². The topological polar surface area (TPSA) is 70.0 Å². The predicted octanol–water partition coefficient (Wildman–Crippen LogP) is 1.24. The monoisotopic (exact) mass is 271 g/mol. The molecule has 6 nitrogen and oxygen atoms in total. The van der Waals surface area contributed by atoms with Crippen LogP contribution in [0.4, 0.5) is 0 Å². The van der Waals surface area contributed by atoms with Gasteiger partial charge in [0.1, 0.15) is 5.82 Å². The van der Waals surface area contributed by atoms with Crippen molar-refractivity contribution in [1.82, 2.24) is 14.3 Å². The molecule has 3 rings (SSSR count). The summed E-state index contributed by atoms with van der Waals surface area (Å²) in [5.41, 5.74) is -0.0873. The molecule has 0 bridgehead atoms. The van der Waals surface area contributed by atoms with Gasteiger partial charge in [-0.2, -0.15) is 9.72 Å². The maximum atomic E-state index is 12.6. The number of aryl methyl sites for hydroxylation is 2. The summed E-state index contributed by atoms with van der Waals surface area (Å²) >= 11 is 0. The lowest BCUT2D eigenvalue weighted by Gasteiger charge is -2.09. The molecule has 0 spiro atoms. The molecule has 0 saturated carbocycles. The van der Waals surface area contributed by atoms with Gasteiger partial charge < -0.3 is 4.52 Å². The lowest BCUT2D eigenvalue weighted by atomic mass is 10.3. The van der Waals surface area contributed by atoms with Crippen LogP contribution in [0.1, 0.15) is 12.7 Å². The molecule has 0 unspecified atom stereocenters. The SMILES string of the molecule is CCc1nc2on(C)c(=O)c2c(=O)n1-c1ccccc1. The van der Waals surface area contributed by atoms with Crippen LogP contribution in [-0.4, -0.2) is 14.3 Å². The summed E-state index contributed by atoms with van der Waals surface area (Å²) in [4.78, 5) is 28.8. The van der Waals surface area contributed by atoms with Crippen molar-refractivity contribution < 1.29 is 4.52 Å². The summed E-state index contributed by atoms with van der Waals surface area (Å²) in [6.07, 6.45) is 0.554. The van der Waals surface area contributed by atoms with Crippen molar-refractivity contribution in [2.24, 2.45) is 7.05 Å². The Labute approximate surface area is 113 Å². The third-order valence-electron chi connectivity index (χ3n) is 3.17. The molecular formula is C14H13N3O3. The van der Waals surface area contributed by atoms with Crippen molar-refractivity contribution in [3.63, 3.8) is 0 Å². The number of hydrogen-bond acceptors (Lipinski definition) is 4. The first-order chi connectivity index (χ1) is 9.63. The standard InChI is InChI=1S/C14H13N3O3/c1-3-10-15-12-11(13(18)16(2)20-12)14(19)17(10)9-7-5-4-6-8-9/h4-8H,3H2,1-2H3. The van der Waals surface area contributed by atoms with E-state index in [0.29, 0.717) is 17.9 Å². The predicted molar refractivity (Wildman–Crippen MR) is 74.2 cm³/mol. The fourth-order valence-corrected chi connectivity index (χ4v) is 2.20. The zero-order chi connectivity index (χ0) is 14.3. The van der Waals surface area contributed by atoms with Crippen molar-refractivity contribution in [2.45, 2.75) is 13.3 Å². The van der Waals surface area contributed by atoms with Crippen molar-refractivity contribution in [2.75, 3.05) is 0 Å². The van der Waals surface area contributed by atoms with Crippen LogP contribution in [-0.2, 0) is 13.5 Å². The van der Waals surface area contributed by atoms with Gasteiger partial charge in [0.15, 0.2) is 5.39 Å². The average molecular weight is 271 g/mol. The minimum Gasteiger partial charge on any atom is -0.355 e. The smallest absolute Gasteiger partial charge is 0.297 e. The molecule has 1 aromatic carbocycles. The van der Waals surface area contributed by atoms with Crippen molar-refractivity contribution in [1.29, 1.82) is 0 Å². The molecule has 2 heterocycles. The molecule has 0 aliphatic carbocycles. The Balaban J connectivity index is 2.48. The Morgan fingerprint density at radius 1 is 1.15 bits per heavy atom. The summed E-state index contributed by atoms with van der Waals surface area (Å²) in [7, 11) is 1.46. The lowest BCUT2D eigenvalue weighted by Crippen LogP contribution is -2.27. The van der Waals surface area contributed by atoms with E-state index in [4.69, 9.17) is 4.52 Å². The normalized spacial score (nSPS) is 11.1. The van der Waals surface area contributed by atoms with Crippen LogP contribution in [0.3, 0.4) is 0 Å². The van der Waals surface area contributed by atoms with Crippen LogP contribution in [0.2, 0.25) is 0 Å². The highest BCUT2D eigenvalue weighted by atomic mass is 16.5. The van der Waals surface area contributed by atoms with Crippen LogP contribution in [0.25, 0.3) is 16.8 Å². The second-order valence-electron chi connectivity index (χ2n) is 4.43. The van der Waals surface area contributed by atoms with Gasteiger partial charge in [0.2, 0.25) is 0 Å². The van der Waals surface area contributed by atoms with Gasteiger partial charge in [-0.1, -0.05) is 25.1 Å². The van der Waals surface area contributed by atoms with Gasteiger partial charge in [-0.3, -0.25) is 14.2 Å². The molecule has 0 N–H and O–H groups in total. The second-order valence-corrected chi connectivity index (χ2v) is 4.43. The Morgan fingerprint density at radius 3 is 2.50 bits per heavy atom. The second kappa shape index (κ2) is 4.48. The largest absolute Gasteiger partial charge is 0.355 e. The minimum absolute atomic E-state index is 0.0199. The van der Waals surface area contributed by atoms with Gasteiger partial charge in [-0.05, 0) is 12.1 Å². The quantitative estimate of drug-likeness (QED) is 0.703. The van der Waals surface area contributed by atoms with E-state index < -0.39 is 11.1 Å². The first-order valence-electron chi connectivity index (χ1n) is 6.31. The van der Waals surface area contributed by atoms with Gasteiger partial charge in [-0.15, -0.1) is 0 Å². The first kappa shape index (κ1) is 12.4. The number of hydrogen-bond donors (Lipinski definition) is 0. The van der Waals surface area contributed by atoms with Crippen LogP contribution in [0, 0.1) is 0 Å². The number of fused-ring (bicyclic) bond motifs is 1. The highest BCUT2D eigenvalue weighted by Crippen LogP contribution is 2.11. The number of nitrogens with zero attached hydrogens (tertiary/aromatic N) is 3. The summed E-state index contributed by atoms with van der Waals surface area (Å²) in [5, 5.41) is -0.0199. The molecule has 0 fully saturated rings. The molecule has 0 aliphatic heterocycles. The zero-order valence-corrected chi connectivity index (χ0v) is 11.2. The van der Waals surface area contributed by atoms with E-state index in [0.717, 1.165) is 4.74 Å². The van der Waals surface area contributed by atoms with Crippen molar-refractivity contribution >= 4 is 11.1 Å². The van der Waals surface area contributed by atoms with Gasteiger partial charge in [0.05, 0.1) is 5.69 Å². The molecule has 102 valence electrons. The molecule has 0 radical (unpaired) electrons. The fourth-order valence-electron chi connectivity index (χ4n) is 2.20. The summed E-state index contributed by atoms with van der Waals surface area (Å²) < 4.78 is 7.67. The van der Waals surface area contributed by atoms with Crippen molar-refractivity contribution in [3.05, 3.63) is 56.9 Å². The van der Waals surface area contributed by atoms with Crippen LogP contribution < -0.4 is 11.1 Å². The molecule has 20 heavy (non-hydrogen) atoms. The number of benzene rings is 1. The molecule has 0 amide bonds. The molecule has 3 aromatic rings. The van der Waals surface area contributed by atoms with Gasteiger partial charge in [-0.25, -0.2) is 0 Å². The Morgan fingerprint density at radius 2 is 1.85 bits per heavy atom. The maximum absolute atomic E-state index is 12.6. The minimum atomic E-state index is -0.468. The van der Waals surface area contributed by atoms with Crippen LogP contribution in [0.15, 0.2) is 44.4 Å². The molecule has 0 atom stereocenters. The van der Waals surface area contributed by atoms with E-state index in [1.54, 1.807) is 12.1 Å². The van der Waals surface area contributed by atoms with Crippen LogP contribution in [0.5, 0.6) is 0 Å². The van der Waals surface area contributed by atoms with E-state index >= 15 is 0 Å². The molecule has 2 aromatic heterocycles. The maximum Gasteiger partial charge on any atom is 0.297 e. The van der Waals surface area contributed by atoms with Crippen molar-refractivity contribution in [3.8, 4) is 5.69 Å². The Kier molecular flexibility index (Phi) is 2.78. The lowest BCUT2D eigenvalue weighted by molar-refractivity contribution is 0.318. The molecule has 0 aliphatic rings. The number of para-hydroxylation sites is 1. The fraction of sp³-hybridized carbons (Fsp3) is 0.214. The van der Waals surface area contributed by atoms with Gasteiger partial charge >= 0.3 is 0 Å². The molecular weight excluding hydrogens is 258 g/mol. The highest BCUT2D eigenvalue weighted by molar-refractivity contribution is 5.71. The van der Waals surface area contributed by atoms with Gasteiger partial charge in [0, 0.05) is 13.5 Å². The van der Waals surface area contributed by atoms with E-state index in [1.165, 1.54) is 11.6 Å². The Bertz CT molecular complexity index is 888. The third kappa shape index (κ3) is 1.69. The first-order valence-corrected chi connectivity index (χ1v) is 6.31. The summed E-state index contributed by atoms with van der Waals surface area (Å²) in [6.45, 7) is 1.90. The average Bonchev–Trinajstić information content (AvgIpc) is 2.75. The zero-order valence-electron chi connectivity index (χ0n) is 11.2. The third-order valence-corrected chi connectivity index (χ3v) is 3.17. The van der Waals surface area contributed by atoms with E-state index in [2.05, 4.69) is 4.98 Å². The van der Waals surface area contributed by atoms with E-state index in [9.17, 15) is 9.59 Å². The van der Waals surface area contributed by atoms with Gasteiger partial charge in [0.25, 0.3) is 16.8 Å². The number of rotatable bonds is 2. The molecule has 0 saturated heterocycles. The summed E-state index contributed by atoms with van der Waals surface area (Å²) in [5.74, 6) is 0.558. The highest BCUT2D eigenvalue weighted by Gasteiger charge is 2.18. The molecule has 6 heteroatoms. The Hall–Kier alpha value is -2.63.